The van der Waals surface area contributed by atoms with Gasteiger partial charge in [0, 0.05) is 35.2 Å². The minimum Gasteiger partial charge on any atom is -0.396 e. The number of allylic oxidation sites excluding steroid dienone is 1. The molecule has 9 rings (SSSR count). The van der Waals surface area contributed by atoms with Crippen LogP contribution in [0.3, 0.4) is 0 Å². The molecule has 4 aliphatic carbocycles. The van der Waals surface area contributed by atoms with E-state index in [0.717, 1.165) is 11.1 Å². The van der Waals surface area contributed by atoms with Crippen molar-refractivity contribution in [2.75, 3.05) is 26.4 Å². The summed E-state index contributed by atoms with van der Waals surface area (Å²) in [5.41, 5.74) is 1.52. The summed E-state index contributed by atoms with van der Waals surface area (Å²) in [5.74, 6) is -4.34. The predicted octanol–water partition coefficient (Wildman–Crippen LogP) is -3.77. The van der Waals surface area contributed by atoms with Gasteiger partial charge in [-0.1, -0.05) is 31.1 Å². The Morgan fingerprint density at radius 2 is 1.48 bits per heavy atom. The lowest BCUT2D eigenvalue weighted by molar-refractivity contribution is -0.382. The fourth-order valence-electron chi connectivity index (χ4n) is 12.2. The van der Waals surface area contributed by atoms with Crippen LogP contribution in [-0.2, 0) is 42.7 Å². The van der Waals surface area contributed by atoms with E-state index in [0.29, 0.717) is 31.3 Å². The summed E-state index contributed by atoms with van der Waals surface area (Å²) < 4.78 is 49.0. The lowest BCUT2D eigenvalue weighted by Crippen LogP contribution is -2.65. The van der Waals surface area contributed by atoms with Gasteiger partial charge in [0.15, 0.2) is 24.7 Å². The van der Waals surface area contributed by atoms with Crippen molar-refractivity contribution in [1.29, 1.82) is 0 Å². The van der Waals surface area contributed by atoms with Crippen molar-refractivity contribution in [1.82, 2.24) is 0 Å². The molecule has 6 fully saturated rings. The van der Waals surface area contributed by atoms with Crippen LogP contribution in [0.1, 0.15) is 52.9 Å². The molecule has 62 heavy (non-hydrogen) atoms. The standard InChI is InChI=1S/C42H62O20/c1-14-11-57-42(37(54)27(14)47)21(10-43)26-19-6-7-20-18(25(19)30(50)35(26)62-42)5-4-16-8-17(44)9-24(41(16,20)3)59-40-36(61-39-33(53)31(51)28(48)15(2)58-39)34(23(46)13-56-40)60-38-32(52)29(49)22(45)12-55-38/h4,14-15,17-18,20-24,26-29,31-40,43-49,51-54H,5-13H2,1-3H3/t14-,15-,17+,18+,20?,21-,22+,23-,24+,26-,27+,28-,29-,31+,32+,33+,34-,35+,36+,37-,38-,39-,40-,41-,42-/m0/s1. The Bertz CT molecular complexity index is 1750. The van der Waals surface area contributed by atoms with Crippen molar-refractivity contribution in [3.63, 3.8) is 0 Å². The van der Waals surface area contributed by atoms with Gasteiger partial charge < -0.3 is 94.1 Å². The van der Waals surface area contributed by atoms with Crippen molar-refractivity contribution in [3.05, 3.63) is 22.8 Å². The van der Waals surface area contributed by atoms with Crippen LogP contribution >= 0.6 is 0 Å². The molecule has 0 aromatic rings. The third kappa shape index (κ3) is 7.03. The maximum atomic E-state index is 14.6. The van der Waals surface area contributed by atoms with E-state index in [1.807, 2.05) is 13.0 Å². The fraction of sp³-hybridized carbons (Fsp3) is 0.881. The first-order chi connectivity index (χ1) is 29.4. The molecule has 1 spiro atoms. The van der Waals surface area contributed by atoms with Gasteiger partial charge in [0.1, 0.15) is 67.1 Å². The van der Waals surface area contributed by atoms with Gasteiger partial charge >= 0.3 is 0 Å². The quantitative estimate of drug-likeness (QED) is 0.109. The van der Waals surface area contributed by atoms with E-state index < -0.39 is 159 Å². The Hall–Kier alpha value is -1.61. The summed E-state index contributed by atoms with van der Waals surface area (Å²) in [7, 11) is 0. The van der Waals surface area contributed by atoms with E-state index in [9.17, 15) is 61.0 Å². The number of hydrogen-bond donors (Lipinski definition) is 11. The fourth-order valence-corrected chi connectivity index (χ4v) is 12.2. The van der Waals surface area contributed by atoms with Crippen molar-refractivity contribution < 1.29 is 98.9 Å². The molecule has 0 amide bonds. The van der Waals surface area contributed by atoms with Gasteiger partial charge in [0.2, 0.25) is 5.79 Å². The third-order valence-corrected chi connectivity index (χ3v) is 15.8. The topological polar surface area (TPSA) is 313 Å². The molecule has 5 aliphatic heterocycles. The maximum Gasteiger partial charge on any atom is 0.203 e. The lowest BCUT2D eigenvalue weighted by atomic mass is 9.51. The molecule has 0 radical (unpaired) electrons. The number of hydrogen-bond acceptors (Lipinski definition) is 20. The van der Waals surface area contributed by atoms with Crippen molar-refractivity contribution in [3.8, 4) is 0 Å². The van der Waals surface area contributed by atoms with Gasteiger partial charge in [-0.25, -0.2) is 0 Å². The SMILES string of the molecule is C[C@@H]1O[C@@H](O[C@H]2[C@H](O[C@@H]3C[C@H](O)CC4=CC[C@H]5C6=C(CCC5[C@]43C)[C@@H]3[C@@H](O[C@@]4(OC[C@H](C)[C@@H](O)[C@@H]4O)[C@H]3CO)C6=O)OC[C@H](O)[C@@H]2O[C@@H]2OC[C@@H](O)[C@H](O)[C@H]2O)[C@H](O)[C@H](O)[C@H]1O. The summed E-state index contributed by atoms with van der Waals surface area (Å²) in [5, 5.41) is 119. The van der Waals surface area contributed by atoms with Gasteiger partial charge in [-0.2, -0.15) is 0 Å². The second-order valence-electron chi connectivity index (χ2n) is 19.2. The molecule has 20 nitrogen and oxygen atoms in total. The Balaban J connectivity index is 1.02. The third-order valence-electron chi connectivity index (χ3n) is 15.8. The summed E-state index contributed by atoms with van der Waals surface area (Å²) >= 11 is 0. The number of ketones is 1. The number of carbonyl (C=O) groups excluding carboxylic acids is 1. The highest BCUT2D eigenvalue weighted by Crippen LogP contribution is 2.64. The smallest absolute Gasteiger partial charge is 0.203 e. The van der Waals surface area contributed by atoms with Gasteiger partial charge in [0.05, 0.1) is 50.8 Å². The molecule has 350 valence electrons. The average molecular weight is 887 g/mol. The number of Topliss-reactive ketones (excluding diaryl/α,β-unsaturated/α-hetero) is 1. The second-order valence-corrected chi connectivity index (χ2v) is 19.2. The lowest BCUT2D eigenvalue weighted by Gasteiger charge is -2.56. The Morgan fingerprint density at radius 3 is 2.23 bits per heavy atom. The van der Waals surface area contributed by atoms with Gasteiger partial charge in [-0.3, -0.25) is 4.79 Å². The molecule has 20 heteroatoms. The minimum absolute atomic E-state index is 0.0720. The zero-order valence-corrected chi connectivity index (χ0v) is 34.8. The molecule has 0 aromatic heterocycles. The maximum absolute atomic E-state index is 14.6. The van der Waals surface area contributed by atoms with E-state index in [2.05, 4.69) is 0 Å². The first-order valence-electron chi connectivity index (χ1n) is 22.0. The highest BCUT2D eigenvalue weighted by atomic mass is 16.8. The summed E-state index contributed by atoms with van der Waals surface area (Å²) in [6.45, 7) is 4.02. The van der Waals surface area contributed by atoms with Crippen molar-refractivity contribution in [2.24, 2.45) is 35.0 Å². The molecule has 1 unspecified atom stereocenters. The molecule has 9 aliphatic rings. The van der Waals surface area contributed by atoms with Crippen LogP contribution in [0.15, 0.2) is 22.8 Å². The second kappa shape index (κ2) is 16.9. The minimum atomic E-state index is -1.79. The highest BCUT2D eigenvalue weighted by molar-refractivity contribution is 6.04. The van der Waals surface area contributed by atoms with Crippen LogP contribution in [0.4, 0.5) is 0 Å². The first-order valence-corrected chi connectivity index (χ1v) is 22.0. The number of aliphatic hydroxyl groups excluding tert-OH is 11. The zero-order valence-electron chi connectivity index (χ0n) is 34.8. The summed E-state index contributed by atoms with van der Waals surface area (Å²) in [6.07, 6.45) is -21.3. The van der Waals surface area contributed by atoms with Crippen molar-refractivity contribution in [2.45, 2.75) is 169 Å². The molecular weight excluding hydrogens is 824 g/mol. The monoisotopic (exact) mass is 886 g/mol. The number of rotatable bonds is 7. The summed E-state index contributed by atoms with van der Waals surface area (Å²) in [6, 6.07) is 0. The number of aliphatic hydroxyl groups is 11. The number of fused-ring (bicyclic) bond motifs is 6. The Labute approximate surface area is 357 Å². The van der Waals surface area contributed by atoms with Crippen LogP contribution < -0.4 is 0 Å². The van der Waals surface area contributed by atoms with Gasteiger partial charge in [-0.15, -0.1) is 0 Å². The largest absolute Gasteiger partial charge is 0.396 e. The van der Waals surface area contributed by atoms with Crippen molar-refractivity contribution >= 4 is 5.78 Å². The first kappa shape index (κ1) is 45.5. The molecule has 5 heterocycles. The van der Waals surface area contributed by atoms with Crippen LogP contribution in [0.2, 0.25) is 0 Å². The van der Waals surface area contributed by atoms with Gasteiger partial charge in [0.25, 0.3) is 0 Å². The molecule has 5 saturated heterocycles. The number of ether oxygens (including phenoxy) is 8. The normalized spacial score (nSPS) is 55.4. The van der Waals surface area contributed by atoms with Gasteiger partial charge in [-0.05, 0) is 44.4 Å². The molecule has 0 aromatic carbocycles. The Kier molecular flexibility index (Phi) is 12.4. The van der Waals surface area contributed by atoms with Crippen LogP contribution in [0.5, 0.6) is 0 Å². The molecule has 25 atom stereocenters. The summed E-state index contributed by atoms with van der Waals surface area (Å²) in [4.78, 5) is 14.6. The van der Waals surface area contributed by atoms with Crippen LogP contribution in [0.25, 0.3) is 0 Å². The van der Waals surface area contributed by atoms with E-state index in [1.54, 1.807) is 6.92 Å². The van der Waals surface area contributed by atoms with E-state index in [1.165, 1.54) is 6.92 Å². The number of carbonyl (C=O) groups is 1. The molecule has 0 bridgehead atoms. The molecule has 1 saturated carbocycles. The van der Waals surface area contributed by atoms with Crippen LogP contribution in [0, 0.1) is 35.0 Å². The average Bonchev–Trinajstić information content (AvgIpc) is 3.72. The van der Waals surface area contributed by atoms with Crippen LogP contribution in [-0.4, -0.2) is 205 Å². The predicted molar refractivity (Wildman–Crippen MR) is 204 cm³/mol. The molecule has 11 N–H and O–H groups in total. The van der Waals surface area contributed by atoms with E-state index >= 15 is 0 Å². The molecular formula is C42H62O20. The zero-order chi connectivity index (χ0) is 44.3. The van der Waals surface area contributed by atoms with E-state index in [4.69, 9.17) is 37.9 Å². The Morgan fingerprint density at radius 1 is 0.790 bits per heavy atom. The highest BCUT2D eigenvalue weighted by Gasteiger charge is 2.69. The van der Waals surface area contributed by atoms with E-state index in [-0.39, 0.29) is 30.6 Å².